The number of amides is 1. The van der Waals surface area contributed by atoms with Gasteiger partial charge in [0.1, 0.15) is 6.61 Å². The number of rotatable bonds is 6. The summed E-state index contributed by atoms with van der Waals surface area (Å²) in [5.41, 5.74) is 2.01. The highest BCUT2D eigenvalue weighted by molar-refractivity contribution is 5.76. The van der Waals surface area contributed by atoms with E-state index in [2.05, 4.69) is 11.9 Å². The van der Waals surface area contributed by atoms with Gasteiger partial charge in [-0.15, -0.1) is 0 Å². The van der Waals surface area contributed by atoms with Gasteiger partial charge < -0.3 is 10.1 Å². The molecule has 0 bridgehead atoms. The van der Waals surface area contributed by atoms with Crippen LogP contribution in [0.15, 0.2) is 36.9 Å². The molecule has 1 unspecified atom stereocenters. The first-order chi connectivity index (χ1) is 9.02. The second kappa shape index (κ2) is 7.36. The Morgan fingerprint density at radius 2 is 2.00 bits per heavy atom. The SMILES string of the molecule is C=CCOC(=O)CC(NC(C)=O)c1ccc(C)cc1. The van der Waals surface area contributed by atoms with Crippen molar-refractivity contribution in [3.63, 3.8) is 0 Å². The van der Waals surface area contributed by atoms with Crippen molar-refractivity contribution >= 4 is 11.9 Å². The molecule has 1 aromatic rings. The third-order valence-electron chi connectivity index (χ3n) is 2.59. The Kier molecular flexibility index (Phi) is 5.79. The smallest absolute Gasteiger partial charge is 0.308 e. The number of carbonyl (C=O) groups is 2. The lowest BCUT2D eigenvalue weighted by molar-refractivity contribution is -0.143. The molecule has 0 saturated heterocycles. The van der Waals surface area contributed by atoms with Crippen molar-refractivity contribution in [1.82, 2.24) is 5.32 Å². The van der Waals surface area contributed by atoms with Crippen LogP contribution in [0.2, 0.25) is 0 Å². The number of hydrogen-bond donors (Lipinski definition) is 1. The number of ether oxygens (including phenoxy) is 1. The van der Waals surface area contributed by atoms with E-state index in [1.807, 2.05) is 31.2 Å². The zero-order chi connectivity index (χ0) is 14.3. The van der Waals surface area contributed by atoms with E-state index >= 15 is 0 Å². The zero-order valence-corrected chi connectivity index (χ0v) is 11.3. The monoisotopic (exact) mass is 261 g/mol. The van der Waals surface area contributed by atoms with Gasteiger partial charge in [0.2, 0.25) is 5.91 Å². The van der Waals surface area contributed by atoms with Crippen molar-refractivity contribution in [2.24, 2.45) is 0 Å². The average molecular weight is 261 g/mol. The molecule has 19 heavy (non-hydrogen) atoms. The third kappa shape index (κ3) is 5.38. The van der Waals surface area contributed by atoms with Crippen LogP contribution in [0.3, 0.4) is 0 Å². The molecule has 1 atom stereocenters. The summed E-state index contributed by atoms with van der Waals surface area (Å²) in [6.07, 6.45) is 1.62. The molecular weight excluding hydrogens is 242 g/mol. The summed E-state index contributed by atoms with van der Waals surface area (Å²) in [6, 6.07) is 7.32. The van der Waals surface area contributed by atoms with Crippen LogP contribution in [0.1, 0.15) is 30.5 Å². The second-order valence-electron chi connectivity index (χ2n) is 4.34. The van der Waals surface area contributed by atoms with Gasteiger partial charge in [0.25, 0.3) is 0 Å². The lowest BCUT2D eigenvalue weighted by Gasteiger charge is -2.17. The Morgan fingerprint density at radius 3 is 2.53 bits per heavy atom. The molecular formula is C15H19NO3. The van der Waals surface area contributed by atoms with Crippen LogP contribution in [-0.4, -0.2) is 18.5 Å². The van der Waals surface area contributed by atoms with E-state index in [0.29, 0.717) is 0 Å². The summed E-state index contributed by atoms with van der Waals surface area (Å²) in [7, 11) is 0. The highest BCUT2D eigenvalue weighted by Gasteiger charge is 2.17. The third-order valence-corrected chi connectivity index (χ3v) is 2.59. The van der Waals surface area contributed by atoms with E-state index in [-0.39, 0.29) is 30.9 Å². The van der Waals surface area contributed by atoms with Crippen molar-refractivity contribution in [3.05, 3.63) is 48.0 Å². The van der Waals surface area contributed by atoms with Crippen molar-refractivity contribution in [3.8, 4) is 0 Å². The Hall–Kier alpha value is -2.10. The standard InChI is InChI=1S/C15H19NO3/c1-4-9-19-15(18)10-14(16-12(3)17)13-7-5-11(2)6-8-13/h4-8,14H,1,9-10H2,2-3H3,(H,16,17). The molecule has 0 spiro atoms. The van der Waals surface area contributed by atoms with Gasteiger partial charge in [0, 0.05) is 6.92 Å². The predicted octanol–water partition coefficient (Wildman–Crippen LogP) is 2.29. The molecule has 102 valence electrons. The second-order valence-corrected chi connectivity index (χ2v) is 4.34. The molecule has 1 N–H and O–H groups in total. The van der Waals surface area contributed by atoms with E-state index < -0.39 is 0 Å². The molecule has 0 radical (unpaired) electrons. The molecule has 0 saturated carbocycles. The van der Waals surface area contributed by atoms with Gasteiger partial charge in [-0.05, 0) is 12.5 Å². The quantitative estimate of drug-likeness (QED) is 0.631. The molecule has 0 aliphatic carbocycles. The number of carbonyl (C=O) groups excluding carboxylic acids is 2. The number of aryl methyl sites for hydroxylation is 1. The maximum Gasteiger partial charge on any atom is 0.308 e. The molecule has 4 nitrogen and oxygen atoms in total. The molecule has 0 heterocycles. The summed E-state index contributed by atoms with van der Waals surface area (Å²) in [5.74, 6) is -0.540. The molecule has 4 heteroatoms. The lowest BCUT2D eigenvalue weighted by atomic mass is 10.0. The zero-order valence-electron chi connectivity index (χ0n) is 11.3. The number of hydrogen-bond acceptors (Lipinski definition) is 3. The van der Waals surface area contributed by atoms with Gasteiger partial charge in [-0.3, -0.25) is 9.59 Å². The summed E-state index contributed by atoms with van der Waals surface area (Å²) < 4.78 is 4.94. The number of esters is 1. The number of nitrogens with one attached hydrogen (secondary N) is 1. The minimum Gasteiger partial charge on any atom is -0.461 e. The molecule has 0 aromatic heterocycles. The van der Waals surface area contributed by atoms with Gasteiger partial charge in [0.05, 0.1) is 12.5 Å². The van der Waals surface area contributed by atoms with Crippen molar-refractivity contribution < 1.29 is 14.3 Å². The Bertz CT molecular complexity index is 451. The highest BCUT2D eigenvalue weighted by Crippen LogP contribution is 2.18. The maximum absolute atomic E-state index is 11.6. The molecule has 0 aliphatic rings. The summed E-state index contributed by atoms with van der Waals surface area (Å²) in [6.45, 7) is 7.07. The van der Waals surface area contributed by atoms with E-state index in [4.69, 9.17) is 4.74 Å². The first kappa shape index (κ1) is 15.0. The molecule has 1 aromatic carbocycles. The van der Waals surface area contributed by atoms with Crippen LogP contribution >= 0.6 is 0 Å². The van der Waals surface area contributed by atoms with E-state index in [1.54, 1.807) is 0 Å². The van der Waals surface area contributed by atoms with Crippen LogP contribution < -0.4 is 5.32 Å². The van der Waals surface area contributed by atoms with Crippen LogP contribution in [0.4, 0.5) is 0 Å². The minimum atomic E-state index is -0.365. The fourth-order valence-electron chi connectivity index (χ4n) is 1.67. The lowest BCUT2D eigenvalue weighted by Crippen LogP contribution is -2.28. The first-order valence-corrected chi connectivity index (χ1v) is 6.13. The minimum absolute atomic E-state index is 0.108. The van der Waals surface area contributed by atoms with Gasteiger partial charge in [-0.2, -0.15) is 0 Å². The summed E-state index contributed by atoms with van der Waals surface area (Å²) in [4.78, 5) is 22.8. The molecule has 0 fully saturated rings. The van der Waals surface area contributed by atoms with Gasteiger partial charge in [-0.25, -0.2) is 0 Å². The van der Waals surface area contributed by atoms with E-state index in [1.165, 1.54) is 13.0 Å². The van der Waals surface area contributed by atoms with Crippen LogP contribution in [0.5, 0.6) is 0 Å². The van der Waals surface area contributed by atoms with Crippen LogP contribution in [0, 0.1) is 6.92 Å². The van der Waals surface area contributed by atoms with Crippen molar-refractivity contribution in [2.75, 3.05) is 6.61 Å². The maximum atomic E-state index is 11.6. The van der Waals surface area contributed by atoms with Crippen LogP contribution in [0.25, 0.3) is 0 Å². The normalized spacial score (nSPS) is 11.5. The largest absolute Gasteiger partial charge is 0.461 e. The topological polar surface area (TPSA) is 55.4 Å². The van der Waals surface area contributed by atoms with Gasteiger partial charge >= 0.3 is 5.97 Å². The fourth-order valence-corrected chi connectivity index (χ4v) is 1.67. The summed E-state index contributed by atoms with van der Waals surface area (Å²) in [5, 5.41) is 2.76. The van der Waals surface area contributed by atoms with E-state index in [9.17, 15) is 9.59 Å². The van der Waals surface area contributed by atoms with Crippen LogP contribution in [-0.2, 0) is 14.3 Å². The average Bonchev–Trinajstić information content (AvgIpc) is 2.36. The predicted molar refractivity (Wildman–Crippen MR) is 73.5 cm³/mol. The molecule has 1 rings (SSSR count). The summed E-state index contributed by atoms with van der Waals surface area (Å²) >= 11 is 0. The Labute approximate surface area is 113 Å². The van der Waals surface area contributed by atoms with Gasteiger partial charge in [-0.1, -0.05) is 42.5 Å². The van der Waals surface area contributed by atoms with Crippen molar-refractivity contribution in [2.45, 2.75) is 26.3 Å². The molecule has 0 aliphatic heterocycles. The van der Waals surface area contributed by atoms with Gasteiger partial charge in [0.15, 0.2) is 0 Å². The first-order valence-electron chi connectivity index (χ1n) is 6.13. The van der Waals surface area contributed by atoms with E-state index in [0.717, 1.165) is 11.1 Å². The highest BCUT2D eigenvalue weighted by atomic mass is 16.5. The molecule has 1 amide bonds. The Morgan fingerprint density at radius 1 is 1.37 bits per heavy atom. The fraction of sp³-hybridized carbons (Fsp3) is 0.333. The number of benzene rings is 1. The van der Waals surface area contributed by atoms with Crippen molar-refractivity contribution in [1.29, 1.82) is 0 Å². The Balaban J connectivity index is 2.76.